The number of hydrogen-bond donors (Lipinski definition) is 1. The van der Waals surface area contributed by atoms with Crippen LogP contribution in [0.2, 0.25) is 0 Å². The summed E-state index contributed by atoms with van der Waals surface area (Å²) in [6, 6.07) is 4.71. The van der Waals surface area contributed by atoms with Crippen molar-refractivity contribution in [2.45, 2.75) is 46.1 Å². The molecule has 3 heteroatoms. The Balaban J connectivity index is 2.02. The van der Waals surface area contributed by atoms with E-state index in [1.165, 1.54) is 19.3 Å². The zero-order chi connectivity index (χ0) is 12.4. The van der Waals surface area contributed by atoms with Gasteiger partial charge < -0.3 is 5.32 Å². The average Bonchev–Trinajstić information content (AvgIpc) is 2.22. The smallest absolute Gasteiger partial charge is 0.126 e. The van der Waals surface area contributed by atoms with Crippen molar-refractivity contribution < 1.29 is 0 Å². The van der Waals surface area contributed by atoms with E-state index in [0.717, 1.165) is 27.8 Å². The highest BCUT2D eigenvalue weighted by Gasteiger charge is 2.23. The largest absolute Gasteiger partial charge is 0.367 e. The lowest BCUT2D eigenvalue weighted by molar-refractivity contribution is 0.280. The SMILES string of the molecule is Cc1nc(NC2CC(C)CC(C)C2)ccc1Br. The predicted molar refractivity (Wildman–Crippen MR) is 76.3 cm³/mol. The van der Waals surface area contributed by atoms with Crippen LogP contribution in [0.4, 0.5) is 5.82 Å². The number of nitrogens with one attached hydrogen (secondary N) is 1. The number of aryl methyl sites for hydroxylation is 1. The van der Waals surface area contributed by atoms with Gasteiger partial charge in [-0.05, 0) is 66.1 Å². The zero-order valence-corrected chi connectivity index (χ0v) is 12.4. The molecule has 94 valence electrons. The summed E-state index contributed by atoms with van der Waals surface area (Å²) in [4.78, 5) is 4.56. The molecule has 1 heterocycles. The summed E-state index contributed by atoms with van der Waals surface area (Å²) >= 11 is 3.48. The molecule has 2 unspecified atom stereocenters. The molecular formula is C14H21BrN2. The highest BCUT2D eigenvalue weighted by molar-refractivity contribution is 9.10. The third-order valence-electron chi connectivity index (χ3n) is 3.55. The van der Waals surface area contributed by atoms with E-state index < -0.39 is 0 Å². The Kier molecular flexibility index (Phi) is 4.08. The fourth-order valence-electron chi connectivity index (χ4n) is 2.90. The zero-order valence-electron chi connectivity index (χ0n) is 10.8. The predicted octanol–water partition coefficient (Wildman–Crippen LogP) is 4.39. The quantitative estimate of drug-likeness (QED) is 0.875. The summed E-state index contributed by atoms with van der Waals surface area (Å²) < 4.78 is 1.08. The van der Waals surface area contributed by atoms with Gasteiger partial charge >= 0.3 is 0 Å². The van der Waals surface area contributed by atoms with E-state index in [9.17, 15) is 0 Å². The van der Waals surface area contributed by atoms with Crippen molar-refractivity contribution in [2.75, 3.05) is 5.32 Å². The van der Waals surface area contributed by atoms with Gasteiger partial charge in [0, 0.05) is 10.5 Å². The molecule has 1 aliphatic rings. The van der Waals surface area contributed by atoms with Crippen LogP contribution in [-0.2, 0) is 0 Å². The van der Waals surface area contributed by atoms with Gasteiger partial charge in [-0.15, -0.1) is 0 Å². The molecule has 0 amide bonds. The lowest BCUT2D eigenvalue weighted by Crippen LogP contribution is -2.30. The first kappa shape index (κ1) is 12.9. The molecule has 0 spiro atoms. The molecule has 0 radical (unpaired) electrons. The minimum absolute atomic E-state index is 0.585. The molecule has 0 aromatic carbocycles. The first-order valence-electron chi connectivity index (χ1n) is 6.44. The first-order chi connectivity index (χ1) is 8.04. The molecule has 0 bridgehead atoms. The van der Waals surface area contributed by atoms with Gasteiger partial charge in [0.2, 0.25) is 0 Å². The Labute approximate surface area is 112 Å². The van der Waals surface area contributed by atoms with Crippen molar-refractivity contribution in [3.8, 4) is 0 Å². The van der Waals surface area contributed by atoms with Gasteiger partial charge in [-0.25, -0.2) is 4.98 Å². The number of aromatic nitrogens is 1. The number of pyridine rings is 1. The maximum Gasteiger partial charge on any atom is 0.126 e. The van der Waals surface area contributed by atoms with Crippen molar-refractivity contribution in [1.29, 1.82) is 0 Å². The second-order valence-electron chi connectivity index (χ2n) is 5.52. The van der Waals surface area contributed by atoms with Crippen molar-refractivity contribution in [3.05, 3.63) is 22.3 Å². The van der Waals surface area contributed by atoms with E-state index in [1.807, 2.05) is 6.92 Å². The van der Waals surface area contributed by atoms with Crippen LogP contribution in [0, 0.1) is 18.8 Å². The summed E-state index contributed by atoms with van der Waals surface area (Å²) in [6.45, 7) is 6.73. The summed E-state index contributed by atoms with van der Waals surface area (Å²) in [6.07, 6.45) is 3.90. The molecule has 1 saturated carbocycles. The van der Waals surface area contributed by atoms with Crippen molar-refractivity contribution in [2.24, 2.45) is 11.8 Å². The minimum atomic E-state index is 0.585. The van der Waals surface area contributed by atoms with Crippen LogP contribution >= 0.6 is 15.9 Å². The molecule has 17 heavy (non-hydrogen) atoms. The third kappa shape index (κ3) is 3.44. The van der Waals surface area contributed by atoms with E-state index >= 15 is 0 Å². The van der Waals surface area contributed by atoms with E-state index in [2.05, 4.69) is 52.2 Å². The molecule has 1 aromatic heterocycles. The van der Waals surface area contributed by atoms with Crippen LogP contribution in [0.5, 0.6) is 0 Å². The molecule has 2 rings (SSSR count). The van der Waals surface area contributed by atoms with Gasteiger partial charge in [0.25, 0.3) is 0 Å². The van der Waals surface area contributed by atoms with Gasteiger partial charge in [-0.3, -0.25) is 0 Å². The van der Waals surface area contributed by atoms with Crippen LogP contribution in [0.3, 0.4) is 0 Å². The molecule has 0 aliphatic heterocycles. The lowest BCUT2D eigenvalue weighted by Gasteiger charge is -2.32. The van der Waals surface area contributed by atoms with E-state index in [0.29, 0.717) is 6.04 Å². The third-order valence-corrected chi connectivity index (χ3v) is 4.39. The Morgan fingerprint density at radius 2 is 1.82 bits per heavy atom. The highest BCUT2D eigenvalue weighted by Crippen LogP contribution is 2.30. The Hall–Kier alpha value is -0.570. The van der Waals surface area contributed by atoms with Gasteiger partial charge in [-0.1, -0.05) is 13.8 Å². The lowest BCUT2D eigenvalue weighted by atomic mass is 9.80. The van der Waals surface area contributed by atoms with Gasteiger partial charge in [0.15, 0.2) is 0 Å². The standard InChI is InChI=1S/C14H21BrN2/c1-9-6-10(2)8-12(7-9)17-14-5-4-13(15)11(3)16-14/h4-5,9-10,12H,6-8H2,1-3H3,(H,16,17). The maximum absolute atomic E-state index is 4.56. The average molecular weight is 297 g/mol. The van der Waals surface area contributed by atoms with Crippen LogP contribution in [-0.4, -0.2) is 11.0 Å². The molecule has 2 nitrogen and oxygen atoms in total. The van der Waals surface area contributed by atoms with Gasteiger partial charge in [-0.2, -0.15) is 0 Å². The monoisotopic (exact) mass is 296 g/mol. The minimum Gasteiger partial charge on any atom is -0.367 e. The molecule has 2 atom stereocenters. The Morgan fingerprint density at radius 1 is 1.18 bits per heavy atom. The number of halogens is 1. The van der Waals surface area contributed by atoms with Crippen LogP contribution in [0.1, 0.15) is 38.8 Å². The topological polar surface area (TPSA) is 24.9 Å². The van der Waals surface area contributed by atoms with Crippen molar-refractivity contribution in [3.63, 3.8) is 0 Å². The van der Waals surface area contributed by atoms with Crippen molar-refractivity contribution in [1.82, 2.24) is 4.98 Å². The Morgan fingerprint density at radius 3 is 2.41 bits per heavy atom. The van der Waals surface area contributed by atoms with E-state index in [-0.39, 0.29) is 0 Å². The number of hydrogen-bond acceptors (Lipinski definition) is 2. The summed E-state index contributed by atoms with van der Waals surface area (Å²) in [5.41, 5.74) is 1.05. The summed E-state index contributed by atoms with van der Waals surface area (Å²) in [5, 5.41) is 3.58. The fourth-order valence-corrected chi connectivity index (χ4v) is 3.12. The Bertz CT molecular complexity index is 382. The number of rotatable bonds is 2. The second kappa shape index (κ2) is 5.38. The maximum atomic E-state index is 4.56. The number of nitrogens with zero attached hydrogens (tertiary/aromatic N) is 1. The molecule has 0 saturated heterocycles. The number of anilines is 1. The molecule has 1 aliphatic carbocycles. The van der Waals surface area contributed by atoms with Gasteiger partial charge in [0.05, 0.1) is 5.69 Å². The first-order valence-corrected chi connectivity index (χ1v) is 7.23. The van der Waals surface area contributed by atoms with Crippen LogP contribution in [0.15, 0.2) is 16.6 Å². The summed E-state index contributed by atoms with van der Waals surface area (Å²) in [5.74, 6) is 2.66. The van der Waals surface area contributed by atoms with E-state index in [1.54, 1.807) is 0 Å². The van der Waals surface area contributed by atoms with Crippen LogP contribution in [0.25, 0.3) is 0 Å². The normalized spacial score (nSPS) is 29.1. The fraction of sp³-hybridized carbons (Fsp3) is 0.643. The second-order valence-corrected chi connectivity index (χ2v) is 6.38. The van der Waals surface area contributed by atoms with Crippen LogP contribution < -0.4 is 5.32 Å². The summed E-state index contributed by atoms with van der Waals surface area (Å²) in [7, 11) is 0. The molecule has 1 N–H and O–H groups in total. The molecular weight excluding hydrogens is 276 g/mol. The van der Waals surface area contributed by atoms with Gasteiger partial charge in [0.1, 0.15) is 5.82 Å². The highest BCUT2D eigenvalue weighted by atomic mass is 79.9. The van der Waals surface area contributed by atoms with E-state index in [4.69, 9.17) is 0 Å². The van der Waals surface area contributed by atoms with Crippen molar-refractivity contribution >= 4 is 21.7 Å². The molecule has 1 fully saturated rings. The molecule has 1 aromatic rings.